The Bertz CT molecular complexity index is 152. The normalized spacial score (nSPS) is 23.8. The van der Waals surface area contributed by atoms with Gasteiger partial charge in [0.15, 0.2) is 0 Å². The fourth-order valence-corrected chi connectivity index (χ4v) is 1.26. The van der Waals surface area contributed by atoms with Crippen LogP contribution in [0.3, 0.4) is 0 Å². The molecule has 1 unspecified atom stereocenters. The van der Waals surface area contributed by atoms with Gasteiger partial charge in [0.25, 0.3) is 0 Å². The second-order valence-electron chi connectivity index (χ2n) is 3.21. The van der Waals surface area contributed by atoms with Crippen LogP contribution < -0.4 is 5.32 Å². The molecule has 0 radical (unpaired) electrons. The van der Waals surface area contributed by atoms with E-state index in [0.717, 1.165) is 12.8 Å². The van der Waals surface area contributed by atoms with Gasteiger partial charge in [-0.1, -0.05) is 6.92 Å². The molecule has 0 aromatic heterocycles. The first-order valence-electron chi connectivity index (χ1n) is 3.50. The fourth-order valence-electron chi connectivity index (χ4n) is 1.26. The van der Waals surface area contributed by atoms with Crippen molar-refractivity contribution in [1.29, 1.82) is 0 Å². The SMILES string of the molecule is CNC(C(=O)O)C1(C)CC1. The third-order valence-corrected chi connectivity index (χ3v) is 2.27. The van der Waals surface area contributed by atoms with Crippen molar-refractivity contribution in [1.82, 2.24) is 5.32 Å². The maximum absolute atomic E-state index is 10.6. The Hall–Kier alpha value is -0.570. The molecular formula is C7H13NO2. The van der Waals surface area contributed by atoms with Gasteiger partial charge >= 0.3 is 5.97 Å². The second kappa shape index (κ2) is 2.23. The molecule has 1 saturated carbocycles. The van der Waals surface area contributed by atoms with Gasteiger partial charge in [-0.3, -0.25) is 4.79 Å². The molecule has 1 atom stereocenters. The van der Waals surface area contributed by atoms with Crippen LogP contribution in [0, 0.1) is 5.41 Å². The van der Waals surface area contributed by atoms with E-state index >= 15 is 0 Å². The largest absolute Gasteiger partial charge is 0.480 e. The summed E-state index contributed by atoms with van der Waals surface area (Å²) in [7, 11) is 1.70. The summed E-state index contributed by atoms with van der Waals surface area (Å²) in [5.41, 5.74) is 0.0284. The number of carboxylic acids is 1. The zero-order valence-corrected chi connectivity index (χ0v) is 6.35. The first kappa shape index (κ1) is 7.54. The van der Waals surface area contributed by atoms with Crippen LogP contribution in [0.25, 0.3) is 0 Å². The van der Waals surface area contributed by atoms with Gasteiger partial charge in [-0.15, -0.1) is 0 Å². The van der Waals surface area contributed by atoms with Crippen molar-refractivity contribution in [3.8, 4) is 0 Å². The summed E-state index contributed by atoms with van der Waals surface area (Å²) in [6.45, 7) is 2.00. The average Bonchev–Trinajstić information content (AvgIpc) is 2.49. The van der Waals surface area contributed by atoms with Crippen molar-refractivity contribution < 1.29 is 9.90 Å². The molecule has 0 aromatic carbocycles. The Balaban J connectivity index is 2.57. The van der Waals surface area contributed by atoms with E-state index in [1.54, 1.807) is 7.05 Å². The maximum Gasteiger partial charge on any atom is 0.321 e. The van der Waals surface area contributed by atoms with Crippen LogP contribution in [0.2, 0.25) is 0 Å². The first-order valence-corrected chi connectivity index (χ1v) is 3.50. The second-order valence-corrected chi connectivity index (χ2v) is 3.21. The minimum Gasteiger partial charge on any atom is -0.480 e. The molecule has 0 bridgehead atoms. The molecule has 1 rings (SSSR count). The third kappa shape index (κ3) is 1.14. The Kier molecular flexibility index (Phi) is 1.68. The summed E-state index contributed by atoms with van der Waals surface area (Å²) >= 11 is 0. The van der Waals surface area contributed by atoms with Crippen molar-refractivity contribution in [2.75, 3.05) is 7.05 Å². The predicted molar refractivity (Wildman–Crippen MR) is 37.8 cm³/mol. The summed E-state index contributed by atoms with van der Waals surface area (Å²) in [5.74, 6) is -0.734. The molecule has 10 heavy (non-hydrogen) atoms. The Labute approximate surface area is 60.4 Å². The third-order valence-electron chi connectivity index (χ3n) is 2.27. The van der Waals surface area contributed by atoms with Crippen molar-refractivity contribution in [2.45, 2.75) is 25.8 Å². The van der Waals surface area contributed by atoms with Crippen molar-refractivity contribution in [3.05, 3.63) is 0 Å². The van der Waals surface area contributed by atoms with Crippen LogP contribution in [-0.4, -0.2) is 24.2 Å². The summed E-state index contributed by atoms with van der Waals surface area (Å²) < 4.78 is 0. The highest BCUT2D eigenvalue weighted by Crippen LogP contribution is 2.47. The topological polar surface area (TPSA) is 49.3 Å². The zero-order valence-electron chi connectivity index (χ0n) is 6.35. The lowest BCUT2D eigenvalue weighted by molar-refractivity contribution is -0.141. The number of rotatable bonds is 3. The van der Waals surface area contributed by atoms with Crippen LogP contribution >= 0.6 is 0 Å². The van der Waals surface area contributed by atoms with E-state index in [2.05, 4.69) is 5.32 Å². The first-order chi connectivity index (χ1) is 4.60. The molecule has 0 aromatic rings. The van der Waals surface area contributed by atoms with Crippen LogP contribution in [0.1, 0.15) is 19.8 Å². The molecule has 1 aliphatic rings. The van der Waals surface area contributed by atoms with Crippen molar-refractivity contribution in [2.24, 2.45) is 5.41 Å². The lowest BCUT2D eigenvalue weighted by atomic mass is 10.00. The zero-order chi connectivity index (χ0) is 7.78. The van der Waals surface area contributed by atoms with Gasteiger partial charge in [0.1, 0.15) is 6.04 Å². The van der Waals surface area contributed by atoms with E-state index in [1.807, 2.05) is 6.92 Å². The Morgan fingerprint density at radius 2 is 2.20 bits per heavy atom. The van der Waals surface area contributed by atoms with Crippen LogP contribution in [-0.2, 0) is 4.79 Å². The lowest BCUT2D eigenvalue weighted by Crippen LogP contribution is -2.40. The van der Waals surface area contributed by atoms with E-state index in [0.29, 0.717) is 0 Å². The molecular weight excluding hydrogens is 130 g/mol. The van der Waals surface area contributed by atoms with Gasteiger partial charge in [-0.25, -0.2) is 0 Å². The van der Waals surface area contributed by atoms with Gasteiger partial charge in [-0.2, -0.15) is 0 Å². The lowest BCUT2D eigenvalue weighted by Gasteiger charge is -2.17. The molecule has 3 nitrogen and oxygen atoms in total. The highest BCUT2D eigenvalue weighted by atomic mass is 16.4. The van der Waals surface area contributed by atoms with E-state index in [9.17, 15) is 4.79 Å². The van der Waals surface area contributed by atoms with E-state index in [-0.39, 0.29) is 11.5 Å². The van der Waals surface area contributed by atoms with Gasteiger partial charge in [0.2, 0.25) is 0 Å². The smallest absolute Gasteiger partial charge is 0.321 e. The number of aliphatic carboxylic acids is 1. The number of likely N-dealkylation sites (N-methyl/N-ethyl adjacent to an activating group) is 1. The standard InChI is InChI=1S/C7H13NO2/c1-7(3-4-7)5(8-2)6(9)10/h5,8H,3-4H2,1-2H3,(H,9,10). The van der Waals surface area contributed by atoms with Crippen molar-refractivity contribution in [3.63, 3.8) is 0 Å². The quantitative estimate of drug-likeness (QED) is 0.603. The number of carboxylic acid groups (broad SMARTS) is 1. The number of carbonyl (C=O) groups is 1. The fraction of sp³-hybridized carbons (Fsp3) is 0.857. The van der Waals surface area contributed by atoms with Crippen LogP contribution in [0.4, 0.5) is 0 Å². The Morgan fingerprint density at radius 3 is 2.30 bits per heavy atom. The molecule has 58 valence electrons. The minimum atomic E-state index is -0.734. The number of hydrogen-bond donors (Lipinski definition) is 2. The summed E-state index contributed by atoms with van der Waals surface area (Å²) in [6, 6.07) is -0.354. The molecule has 2 N–H and O–H groups in total. The van der Waals surface area contributed by atoms with Gasteiger partial charge in [0.05, 0.1) is 0 Å². The van der Waals surface area contributed by atoms with E-state index in [1.165, 1.54) is 0 Å². The maximum atomic E-state index is 10.6. The van der Waals surface area contributed by atoms with Crippen molar-refractivity contribution >= 4 is 5.97 Å². The summed E-state index contributed by atoms with van der Waals surface area (Å²) in [4.78, 5) is 10.6. The Morgan fingerprint density at radius 1 is 1.70 bits per heavy atom. The summed E-state index contributed by atoms with van der Waals surface area (Å²) in [6.07, 6.45) is 2.07. The minimum absolute atomic E-state index is 0.0284. The van der Waals surface area contributed by atoms with E-state index < -0.39 is 5.97 Å². The van der Waals surface area contributed by atoms with E-state index in [4.69, 9.17) is 5.11 Å². The molecule has 1 fully saturated rings. The predicted octanol–water partition coefficient (Wildman–Crippen LogP) is 0.459. The molecule has 0 heterocycles. The molecule has 1 aliphatic carbocycles. The molecule has 0 spiro atoms. The highest BCUT2D eigenvalue weighted by Gasteiger charge is 2.47. The van der Waals surface area contributed by atoms with Crippen LogP contribution in [0.5, 0.6) is 0 Å². The summed E-state index contributed by atoms with van der Waals surface area (Å²) in [5, 5.41) is 11.5. The number of hydrogen-bond acceptors (Lipinski definition) is 2. The number of nitrogens with one attached hydrogen (secondary N) is 1. The average molecular weight is 143 g/mol. The van der Waals surface area contributed by atoms with Crippen LogP contribution in [0.15, 0.2) is 0 Å². The monoisotopic (exact) mass is 143 g/mol. The van der Waals surface area contributed by atoms with Gasteiger partial charge in [-0.05, 0) is 25.3 Å². The van der Waals surface area contributed by atoms with Gasteiger partial charge < -0.3 is 10.4 Å². The molecule has 0 amide bonds. The molecule has 0 aliphatic heterocycles. The highest BCUT2D eigenvalue weighted by molar-refractivity contribution is 5.75. The van der Waals surface area contributed by atoms with Gasteiger partial charge in [0, 0.05) is 0 Å². The molecule has 3 heteroatoms. The molecule has 0 saturated heterocycles.